The van der Waals surface area contributed by atoms with Crippen LogP contribution in [0.1, 0.15) is 31.8 Å². The minimum Gasteiger partial charge on any atom is -0.457 e. The molecule has 0 saturated carbocycles. The van der Waals surface area contributed by atoms with E-state index in [1.54, 1.807) is 0 Å². The van der Waals surface area contributed by atoms with Crippen LogP contribution >= 0.6 is 0 Å². The predicted octanol–water partition coefficient (Wildman–Crippen LogP) is 0.745. The normalized spacial score (nSPS) is 11.5. The van der Waals surface area contributed by atoms with Crippen LogP contribution in [0.2, 0.25) is 0 Å². The van der Waals surface area contributed by atoms with E-state index in [0.717, 1.165) is 0 Å². The maximum absolute atomic E-state index is 11.2. The zero-order chi connectivity index (χ0) is 12.3. The molecule has 16 heavy (non-hydrogen) atoms. The minimum absolute atomic E-state index is 0.131. The van der Waals surface area contributed by atoms with Gasteiger partial charge in [-0.3, -0.25) is 4.79 Å². The molecule has 6 heteroatoms. The molecule has 0 saturated heterocycles. The van der Waals surface area contributed by atoms with E-state index in [-0.39, 0.29) is 24.5 Å². The smallest absolute Gasteiger partial charge is 0.457 e. The van der Waals surface area contributed by atoms with Crippen LogP contribution < -0.4 is 5.82 Å². The Labute approximate surface area is 91.8 Å². The molecule has 0 aromatic carbocycles. The third kappa shape index (κ3) is 3.90. The lowest BCUT2D eigenvalue weighted by atomic mass is 10.1. The van der Waals surface area contributed by atoms with Gasteiger partial charge in [0, 0.05) is 0 Å². The van der Waals surface area contributed by atoms with Crippen molar-refractivity contribution in [3.63, 3.8) is 0 Å². The molecular formula is C10H14O6. The maximum Gasteiger partial charge on any atom is 0.519 e. The summed E-state index contributed by atoms with van der Waals surface area (Å²) in [6, 6.07) is 0. The van der Waals surface area contributed by atoms with E-state index in [9.17, 15) is 14.7 Å². The highest BCUT2D eigenvalue weighted by Crippen LogP contribution is 2.11. The van der Waals surface area contributed by atoms with Crippen molar-refractivity contribution in [1.82, 2.24) is 0 Å². The number of hydrogen-bond donors (Lipinski definition) is 1. The van der Waals surface area contributed by atoms with Gasteiger partial charge in [0.05, 0.1) is 12.0 Å². The predicted molar refractivity (Wildman–Crippen MR) is 52.7 cm³/mol. The second-order valence-corrected chi connectivity index (χ2v) is 4.08. The van der Waals surface area contributed by atoms with Gasteiger partial charge in [-0.15, -0.1) is 0 Å². The largest absolute Gasteiger partial charge is 0.519 e. The second kappa shape index (κ2) is 4.52. The van der Waals surface area contributed by atoms with Gasteiger partial charge in [-0.25, -0.2) is 4.79 Å². The van der Waals surface area contributed by atoms with Crippen LogP contribution in [-0.4, -0.2) is 16.7 Å². The van der Waals surface area contributed by atoms with Gasteiger partial charge in [-0.1, -0.05) is 0 Å². The van der Waals surface area contributed by atoms with Gasteiger partial charge in [0.2, 0.25) is 0 Å². The van der Waals surface area contributed by atoms with E-state index in [1.165, 1.54) is 20.8 Å². The van der Waals surface area contributed by atoms with Crippen LogP contribution in [0.3, 0.4) is 0 Å². The Morgan fingerprint density at radius 1 is 1.44 bits per heavy atom. The van der Waals surface area contributed by atoms with Crippen LogP contribution in [0.25, 0.3) is 0 Å². The molecule has 0 fully saturated rings. The van der Waals surface area contributed by atoms with Crippen LogP contribution in [0, 0.1) is 6.92 Å². The molecule has 6 nitrogen and oxygen atoms in total. The number of aliphatic hydroxyl groups is 1. The molecule has 1 heterocycles. The highest BCUT2D eigenvalue weighted by atomic mass is 16.6. The fraction of sp³-hybridized carbons (Fsp3) is 0.600. The molecule has 1 N–H and O–H groups in total. The Kier molecular flexibility index (Phi) is 3.54. The molecule has 0 aliphatic rings. The van der Waals surface area contributed by atoms with Gasteiger partial charge < -0.3 is 18.7 Å². The minimum atomic E-state index is -1.12. The molecule has 0 aliphatic heterocycles. The second-order valence-electron chi connectivity index (χ2n) is 4.08. The Balaban J connectivity index is 2.49. The molecule has 0 atom stereocenters. The lowest BCUT2D eigenvalue weighted by molar-refractivity contribution is -0.149. The SMILES string of the molecule is Cc1oc(=O)oc1COC(=O)CC(C)(C)O. The zero-order valence-corrected chi connectivity index (χ0v) is 9.40. The molecule has 0 amide bonds. The summed E-state index contributed by atoms with van der Waals surface area (Å²) in [4.78, 5) is 21.9. The van der Waals surface area contributed by atoms with Crippen LogP contribution in [-0.2, 0) is 16.1 Å². The summed E-state index contributed by atoms with van der Waals surface area (Å²) in [7, 11) is 0. The first-order valence-electron chi connectivity index (χ1n) is 4.75. The number of carbonyl (C=O) groups is 1. The van der Waals surface area contributed by atoms with Gasteiger partial charge in [0.1, 0.15) is 0 Å². The molecule has 0 radical (unpaired) electrons. The van der Waals surface area contributed by atoms with Gasteiger partial charge in [0.15, 0.2) is 18.1 Å². The number of hydrogen-bond acceptors (Lipinski definition) is 6. The topological polar surface area (TPSA) is 89.9 Å². The number of rotatable bonds is 4. The number of aryl methyl sites for hydroxylation is 1. The Morgan fingerprint density at radius 3 is 2.50 bits per heavy atom. The van der Waals surface area contributed by atoms with Crippen molar-refractivity contribution < 1.29 is 23.5 Å². The van der Waals surface area contributed by atoms with Gasteiger partial charge in [0.25, 0.3) is 0 Å². The molecule has 1 aromatic heterocycles. The fourth-order valence-corrected chi connectivity index (χ4v) is 1.06. The van der Waals surface area contributed by atoms with E-state index in [4.69, 9.17) is 4.74 Å². The average Bonchev–Trinajstić information content (AvgIpc) is 2.38. The van der Waals surface area contributed by atoms with Crippen molar-refractivity contribution >= 4 is 5.97 Å². The van der Waals surface area contributed by atoms with Crippen molar-refractivity contribution in [2.75, 3.05) is 0 Å². The Bertz CT molecular complexity index is 419. The summed E-state index contributed by atoms with van der Waals surface area (Å²) >= 11 is 0. The standard InChI is InChI=1S/C10H14O6/c1-6-7(16-9(12)15-6)5-14-8(11)4-10(2,3)13/h13H,4-5H2,1-3H3. The Morgan fingerprint density at radius 2 is 2.06 bits per heavy atom. The quantitative estimate of drug-likeness (QED) is 0.767. The number of ether oxygens (including phenoxy) is 1. The number of esters is 1. The third-order valence-electron chi connectivity index (χ3n) is 1.78. The van der Waals surface area contributed by atoms with Crippen LogP contribution in [0.5, 0.6) is 0 Å². The zero-order valence-electron chi connectivity index (χ0n) is 9.40. The van der Waals surface area contributed by atoms with Gasteiger partial charge in [-0.2, -0.15) is 0 Å². The summed E-state index contributed by atoms with van der Waals surface area (Å²) in [6.07, 6.45) is -0.131. The van der Waals surface area contributed by atoms with Crippen LogP contribution in [0.15, 0.2) is 13.6 Å². The van der Waals surface area contributed by atoms with Crippen LogP contribution in [0.4, 0.5) is 0 Å². The highest BCUT2D eigenvalue weighted by molar-refractivity contribution is 5.70. The fourth-order valence-electron chi connectivity index (χ4n) is 1.06. The van der Waals surface area contributed by atoms with Crippen molar-refractivity contribution in [3.8, 4) is 0 Å². The van der Waals surface area contributed by atoms with Gasteiger partial charge in [-0.05, 0) is 20.8 Å². The molecule has 90 valence electrons. The monoisotopic (exact) mass is 230 g/mol. The lowest BCUT2D eigenvalue weighted by Crippen LogP contribution is -2.24. The lowest BCUT2D eigenvalue weighted by Gasteiger charge is -2.15. The molecule has 0 aliphatic carbocycles. The molecule has 0 unspecified atom stereocenters. The number of carbonyl (C=O) groups excluding carboxylic acids is 1. The third-order valence-corrected chi connectivity index (χ3v) is 1.78. The molecule has 1 rings (SSSR count). The molecule has 1 aromatic rings. The first-order chi connectivity index (χ1) is 7.28. The van der Waals surface area contributed by atoms with Crippen molar-refractivity contribution in [2.45, 2.75) is 39.4 Å². The Hall–Kier alpha value is -1.56. The average molecular weight is 230 g/mol. The molecule has 0 spiro atoms. The van der Waals surface area contributed by atoms with Crippen molar-refractivity contribution in [1.29, 1.82) is 0 Å². The summed E-state index contributed by atoms with van der Waals surface area (Å²) in [6.45, 7) is 4.35. The van der Waals surface area contributed by atoms with E-state index in [0.29, 0.717) is 0 Å². The van der Waals surface area contributed by atoms with E-state index >= 15 is 0 Å². The van der Waals surface area contributed by atoms with Gasteiger partial charge >= 0.3 is 11.8 Å². The van der Waals surface area contributed by atoms with Crippen molar-refractivity contribution in [2.24, 2.45) is 0 Å². The summed E-state index contributed by atoms with van der Waals surface area (Å²) < 4.78 is 14.0. The van der Waals surface area contributed by atoms with E-state index < -0.39 is 17.4 Å². The molecular weight excluding hydrogens is 216 g/mol. The summed E-state index contributed by atoms with van der Waals surface area (Å²) in [5.41, 5.74) is -1.12. The van der Waals surface area contributed by atoms with E-state index in [1.807, 2.05) is 0 Å². The van der Waals surface area contributed by atoms with Crippen molar-refractivity contribution in [3.05, 3.63) is 22.1 Å². The molecule has 0 bridgehead atoms. The first-order valence-corrected chi connectivity index (χ1v) is 4.75. The summed E-state index contributed by atoms with van der Waals surface area (Å²) in [5.74, 6) is -0.947. The maximum atomic E-state index is 11.2. The highest BCUT2D eigenvalue weighted by Gasteiger charge is 2.20. The summed E-state index contributed by atoms with van der Waals surface area (Å²) in [5, 5.41) is 9.35. The van der Waals surface area contributed by atoms with E-state index in [2.05, 4.69) is 8.83 Å². The first kappa shape index (κ1) is 12.5.